The molecule has 4 aliphatic rings. The van der Waals surface area contributed by atoms with E-state index in [9.17, 15) is 48.3 Å². The second-order valence-corrected chi connectivity index (χ2v) is 18.9. The Morgan fingerprint density at radius 2 is 1.55 bits per heavy atom. The lowest BCUT2D eigenvalue weighted by atomic mass is 9.92. The molecular formula is C55H59N11O10. The van der Waals surface area contributed by atoms with E-state index in [1.807, 2.05) is 25.1 Å². The number of carbonyl (C=O) groups excluding carboxylic acids is 9. The summed E-state index contributed by atoms with van der Waals surface area (Å²) in [6.45, 7) is 1.70. The third-order valence-electron chi connectivity index (χ3n) is 13.4. The highest BCUT2D eigenvalue weighted by Crippen LogP contribution is 2.50. The van der Waals surface area contributed by atoms with Crippen molar-refractivity contribution in [1.82, 2.24) is 36.1 Å². The van der Waals surface area contributed by atoms with E-state index in [4.69, 9.17) is 5.73 Å². The van der Waals surface area contributed by atoms with Gasteiger partial charge < -0.3 is 47.2 Å². The quantitative estimate of drug-likeness (QED) is 0.0583. The van der Waals surface area contributed by atoms with Crippen LogP contribution >= 0.6 is 0 Å². The van der Waals surface area contributed by atoms with Gasteiger partial charge in [0.25, 0.3) is 11.8 Å². The van der Waals surface area contributed by atoms with Gasteiger partial charge in [0.05, 0.1) is 61.3 Å². The number of aromatic nitrogens is 1. The van der Waals surface area contributed by atoms with Gasteiger partial charge in [0.1, 0.15) is 11.9 Å². The number of imide groups is 1. The third-order valence-corrected chi connectivity index (χ3v) is 13.4. The van der Waals surface area contributed by atoms with Gasteiger partial charge in [-0.25, -0.2) is 9.89 Å². The van der Waals surface area contributed by atoms with E-state index in [1.165, 1.54) is 24.3 Å². The predicted molar refractivity (Wildman–Crippen MR) is 280 cm³/mol. The molecule has 3 aromatic carbocycles. The number of nitrogens with zero attached hydrogens (tertiary/aromatic N) is 5. The van der Waals surface area contributed by atoms with Crippen LogP contribution in [0.5, 0.6) is 0 Å². The number of amidine groups is 1. The maximum absolute atomic E-state index is 14.0. The number of aliphatic hydroxyl groups excluding tert-OH is 1. The lowest BCUT2D eigenvalue weighted by Crippen LogP contribution is -2.52. The summed E-state index contributed by atoms with van der Waals surface area (Å²) < 4.78 is 0. The minimum absolute atomic E-state index is 0.0813. The van der Waals surface area contributed by atoms with E-state index in [1.54, 1.807) is 70.6 Å². The van der Waals surface area contributed by atoms with Gasteiger partial charge in [0.2, 0.25) is 41.4 Å². The van der Waals surface area contributed by atoms with Gasteiger partial charge in [-0.05, 0) is 71.9 Å². The van der Waals surface area contributed by atoms with Crippen molar-refractivity contribution in [3.63, 3.8) is 0 Å². The molecule has 0 bridgehead atoms. The van der Waals surface area contributed by atoms with Crippen LogP contribution < -0.4 is 37.2 Å². The molecule has 9 amide bonds. The number of aliphatic imine (C=N–C) groups is 1. The molecule has 8 N–H and O–H groups in total. The van der Waals surface area contributed by atoms with Crippen molar-refractivity contribution in [2.45, 2.75) is 69.9 Å². The smallest absolute Gasteiger partial charge is 0.258 e. The summed E-state index contributed by atoms with van der Waals surface area (Å²) >= 11 is 0. The first kappa shape index (κ1) is 53.4. The number of nitrogens with two attached hydrogens (primary N) is 1. The van der Waals surface area contributed by atoms with Crippen LogP contribution in [0, 0.1) is 0 Å². The molecule has 1 aromatic heterocycles. The summed E-state index contributed by atoms with van der Waals surface area (Å²) in [5.74, 6) is -3.95. The molecule has 0 saturated heterocycles. The zero-order chi connectivity index (χ0) is 53.9. The fourth-order valence-electron chi connectivity index (χ4n) is 9.25. The largest absolute Gasteiger partial charge is 0.395 e. The minimum atomic E-state index is -1.12. The Morgan fingerprint density at radius 1 is 0.829 bits per heavy atom. The maximum atomic E-state index is 14.0. The number of aliphatic hydroxyl groups is 1. The Morgan fingerprint density at radius 3 is 2.26 bits per heavy atom. The Labute approximate surface area is 438 Å². The van der Waals surface area contributed by atoms with Crippen LogP contribution in [-0.2, 0) is 74.4 Å². The molecule has 0 radical (unpaired) electrons. The molecule has 21 nitrogen and oxygen atoms in total. The van der Waals surface area contributed by atoms with Gasteiger partial charge in [-0.15, -0.1) is 0 Å². The van der Waals surface area contributed by atoms with Crippen LogP contribution in [0.15, 0.2) is 108 Å². The van der Waals surface area contributed by atoms with Gasteiger partial charge in [0, 0.05) is 74.4 Å². The zero-order valence-electron chi connectivity index (χ0n) is 41.9. The van der Waals surface area contributed by atoms with Gasteiger partial charge in [-0.3, -0.25) is 48.1 Å². The molecule has 4 heterocycles. The molecule has 1 saturated carbocycles. The molecule has 0 spiro atoms. The number of anilines is 2. The first-order chi connectivity index (χ1) is 36.6. The Kier molecular flexibility index (Phi) is 16.9. The van der Waals surface area contributed by atoms with Crippen LogP contribution in [0.2, 0.25) is 0 Å². The van der Waals surface area contributed by atoms with Crippen molar-refractivity contribution in [2.24, 2.45) is 10.7 Å². The Hall–Kier alpha value is -8.85. The Bertz CT molecular complexity index is 3020. The SMILES string of the molecule is CCCN(CCO)C(=O)C1=Cc2ccc(C3(C(=O)Nc4cnc5c(c4)CN(C(=O)CNC(=O)[C@H](Cc4ccccc4)NC(=O)CNC(=O)CNC(=O)Cc4ccc(N6C(=O)C=CC6=O)cc4)CC5)CC3)cc2N=C(N)C1. The van der Waals surface area contributed by atoms with E-state index >= 15 is 0 Å². The standard InChI is InChI=1S/C55H59N11O10/c1-2-19-64(21-22-67)53(75)37-25-36-10-11-39(28-43(36)62-45(56)27-37)55(17-18-55)54(76)61-40-26-38-33-65(20-16-42(38)57-29-40)51(73)32-60-52(74)44(23-34-6-4-3-5-7-34)63-48(70)31-59-47(69)30-58-46(68)24-35-8-12-41(13-9-35)66-49(71)14-15-50(66)72/h3-15,25-26,28-29,44,67H,2,16-24,27,30-33H2,1H3,(H2,56,62)(H,58,68)(H,59,69)(H,60,74)(H,61,76)(H,63,70)/t44-/m0/s1. The highest BCUT2D eigenvalue weighted by atomic mass is 16.3. The third kappa shape index (κ3) is 13.1. The molecule has 394 valence electrons. The number of carbonyl (C=O) groups is 9. The van der Waals surface area contributed by atoms with Gasteiger partial charge in [-0.2, -0.15) is 0 Å². The fraction of sp³-hybridized carbons (Fsp3) is 0.327. The summed E-state index contributed by atoms with van der Waals surface area (Å²) in [4.78, 5) is 130. The van der Waals surface area contributed by atoms with Crippen molar-refractivity contribution < 1.29 is 48.3 Å². The van der Waals surface area contributed by atoms with Crippen LogP contribution in [0.4, 0.5) is 17.1 Å². The fourth-order valence-corrected chi connectivity index (χ4v) is 9.25. The summed E-state index contributed by atoms with van der Waals surface area (Å²) in [7, 11) is 0. The molecule has 76 heavy (non-hydrogen) atoms. The second-order valence-electron chi connectivity index (χ2n) is 18.9. The van der Waals surface area contributed by atoms with E-state index in [0.717, 1.165) is 33.7 Å². The predicted octanol–water partition coefficient (Wildman–Crippen LogP) is 1.39. The molecule has 1 fully saturated rings. The highest BCUT2D eigenvalue weighted by molar-refractivity contribution is 6.28. The van der Waals surface area contributed by atoms with Crippen molar-refractivity contribution in [3.05, 3.63) is 136 Å². The molecule has 21 heteroatoms. The minimum Gasteiger partial charge on any atom is -0.395 e. The number of nitrogens with one attached hydrogen (secondary N) is 5. The number of pyridine rings is 1. The van der Waals surface area contributed by atoms with Gasteiger partial charge in [-0.1, -0.05) is 61.5 Å². The second kappa shape index (κ2) is 24.0. The van der Waals surface area contributed by atoms with Crippen LogP contribution in [-0.4, -0.2) is 131 Å². The van der Waals surface area contributed by atoms with Crippen LogP contribution in [0.3, 0.4) is 0 Å². The molecule has 1 atom stereocenters. The average molecular weight is 1030 g/mol. The first-order valence-corrected chi connectivity index (χ1v) is 25.1. The topological polar surface area (TPSA) is 295 Å². The number of rotatable bonds is 21. The normalized spacial score (nSPS) is 15.4. The van der Waals surface area contributed by atoms with Crippen molar-refractivity contribution in [3.8, 4) is 0 Å². The molecule has 1 aliphatic carbocycles. The number of hydrogen-bond acceptors (Lipinski definition) is 13. The lowest BCUT2D eigenvalue weighted by Gasteiger charge is -2.29. The summed E-state index contributed by atoms with van der Waals surface area (Å²) in [5, 5.41) is 22.8. The van der Waals surface area contributed by atoms with E-state index in [0.29, 0.717) is 66.1 Å². The van der Waals surface area contributed by atoms with Crippen LogP contribution in [0.1, 0.15) is 66.1 Å². The summed E-state index contributed by atoms with van der Waals surface area (Å²) in [5.41, 5.74) is 11.5. The molecule has 4 aromatic rings. The molecular weight excluding hydrogens is 975 g/mol. The summed E-state index contributed by atoms with van der Waals surface area (Å²) in [6.07, 6.45) is 8.20. The van der Waals surface area contributed by atoms with Gasteiger partial charge >= 0.3 is 0 Å². The average Bonchev–Trinajstić information content (AvgIpc) is 4.25. The number of fused-ring (bicyclic) bond motifs is 2. The number of benzene rings is 3. The zero-order valence-corrected chi connectivity index (χ0v) is 41.9. The first-order valence-electron chi connectivity index (χ1n) is 25.1. The monoisotopic (exact) mass is 1030 g/mol. The summed E-state index contributed by atoms with van der Waals surface area (Å²) in [6, 6.07) is 21.4. The van der Waals surface area contributed by atoms with E-state index in [-0.39, 0.29) is 69.1 Å². The number of amides is 9. The highest BCUT2D eigenvalue weighted by Gasteiger charge is 2.51. The van der Waals surface area contributed by atoms with E-state index < -0.39 is 60.0 Å². The number of hydrogen-bond donors (Lipinski definition) is 7. The van der Waals surface area contributed by atoms with Crippen molar-refractivity contribution in [1.29, 1.82) is 0 Å². The Balaban J connectivity index is 0.818. The molecule has 3 aliphatic heterocycles. The van der Waals surface area contributed by atoms with Crippen molar-refractivity contribution >= 4 is 82.1 Å². The lowest BCUT2D eigenvalue weighted by molar-refractivity contribution is -0.134. The maximum Gasteiger partial charge on any atom is 0.258 e. The van der Waals surface area contributed by atoms with Crippen LogP contribution in [0.25, 0.3) is 6.08 Å². The molecule has 8 rings (SSSR count). The van der Waals surface area contributed by atoms with Gasteiger partial charge in [0.15, 0.2) is 0 Å². The van der Waals surface area contributed by atoms with E-state index in [2.05, 4.69) is 36.6 Å². The van der Waals surface area contributed by atoms with Crippen molar-refractivity contribution in [2.75, 3.05) is 56.1 Å². The molecule has 0 unspecified atom stereocenters.